The summed E-state index contributed by atoms with van der Waals surface area (Å²) in [6, 6.07) is 17.4. The third-order valence-corrected chi connectivity index (χ3v) is 3.31. The van der Waals surface area contributed by atoms with Crippen molar-refractivity contribution in [3.05, 3.63) is 66.2 Å². The Bertz CT molecular complexity index is 632. The number of para-hydroxylation sites is 1. The molecule has 0 fully saturated rings. The largest absolute Gasteiger partial charge is 0.494 e. The van der Waals surface area contributed by atoms with E-state index in [1.165, 1.54) is 13.2 Å². The van der Waals surface area contributed by atoms with Crippen molar-refractivity contribution in [3.63, 3.8) is 0 Å². The number of rotatable bonds is 9. The summed E-state index contributed by atoms with van der Waals surface area (Å²) in [5, 5.41) is 0. The zero-order valence-corrected chi connectivity index (χ0v) is 13.8. The van der Waals surface area contributed by atoms with Gasteiger partial charge in [-0.05, 0) is 48.7 Å². The highest BCUT2D eigenvalue weighted by Gasteiger charge is 1.97. The van der Waals surface area contributed by atoms with Crippen LogP contribution in [-0.2, 0) is 9.53 Å². The van der Waals surface area contributed by atoms with E-state index in [0.717, 1.165) is 29.9 Å². The molecule has 4 nitrogen and oxygen atoms in total. The van der Waals surface area contributed by atoms with Crippen LogP contribution in [0.5, 0.6) is 11.5 Å². The molecule has 0 atom stereocenters. The summed E-state index contributed by atoms with van der Waals surface area (Å²) in [5.41, 5.74) is 0.920. The first-order chi connectivity index (χ1) is 11.8. The lowest BCUT2D eigenvalue weighted by atomic mass is 10.2. The fourth-order valence-electron chi connectivity index (χ4n) is 2.01. The van der Waals surface area contributed by atoms with Crippen LogP contribution in [0.15, 0.2) is 60.7 Å². The molecule has 2 rings (SSSR count). The molecule has 4 heteroatoms. The highest BCUT2D eigenvalue weighted by Crippen LogP contribution is 2.14. The van der Waals surface area contributed by atoms with Crippen molar-refractivity contribution in [1.82, 2.24) is 0 Å². The number of benzene rings is 2. The van der Waals surface area contributed by atoms with Gasteiger partial charge in [-0.1, -0.05) is 30.3 Å². The average molecular weight is 326 g/mol. The molecule has 0 amide bonds. The molecule has 0 aliphatic heterocycles. The van der Waals surface area contributed by atoms with Crippen molar-refractivity contribution < 1.29 is 19.0 Å². The van der Waals surface area contributed by atoms with Gasteiger partial charge in [-0.3, -0.25) is 0 Å². The standard InChI is InChI=1S/C20H22O4/c1-22-20(21)14-11-17-9-12-19(13-10-17)24-16-6-5-15-23-18-7-3-2-4-8-18/h2-4,7-14H,5-6,15-16H2,1H3/b14-11+. The lowest BCUT2D eigenvalue weighted by Gasteiger charge is -2.08. The third-order valence-electron chi connectivity index (χ3n) is 3.31. The molecule has 0 bridgehead atoms. The number of esters is 1. The molecule has 2 aromatic carbocycles. The first-order valence-electron chi connectivity index (χ1n) is 7.94. The van der Waals surface area contributed by atoms with E-state index in [9.17, 15) is 4.79 Å². The fourth-order valence-corrected chi connectivity index (χ4v) is 2.01. The van der Waals surface area contributed by atoms with Gasteiger partial charge >= 0.3 is 5.97 Å². The van der Waals surface area contributed by atoms with Crippen LogP contribution in [-0.4, -0.2) is 26.3 Å². The molecule has 0 heterocycles. The Balaban J connectivity index is 1.62. The summed E-state index contributed by atoms with van der Waals surface area (Å²) >= 11 is 0. The average Bonchev–Trinajstić information content (AvgIpc) is 2.64. The normalized spacial score (nSPS) is 10.5. The number of carbonyl (C=O) groups excluding carboxylic acids is 1. The van der Waals surface area contributed by atoms with E-state index < -0.39 is 0 Å². The highest BCUT2D eigenvalue weighted by atomic mass is 16.5. The van der Waals surface area contributed by atoms with Crippen molar-refractivity contribution >= 4 is 12.0 Å². The van der Waals surface area contributed by atoms with E-state index in [-0.39, 0.29) is 5.97 Å². The van der Waals surface area contributed by atoms with Crippen molar-refractivity contribution in [3.8, 4) is 11.5 Å². The van der Waals surface area contributed by atoms with E-state index in [1.807, 2.05) is 54.6 Å². The van der Waals surface area contributed by atoms with Crippen LogP contribution in [0.3, 0.4) is 0 Å². The smallest absolute Gasteiger partial charge is 0.330 e. The number of ether oxygens (including phenoxy) is 3. The quantitative estimate of drug-likeness (QED) is 0.395. The Morgan fingerprint density at radius 2 is 1.46 bits per heavy atom. The molecular formula is C20H22O4. The maximum atomic E-state index is 11.0. The SMILES string of the molecule is COC(=O)/C=C/c1ccc(OCCCCOc2ccccc2)cc1. The minimum Gasteiger partial charge on any atom is -0.494 e. The van der Waals surface area contributed by atoms with Gasteiger partial charge in [0.05, 0.1) is 20.3 Å². The van der Waals surface area contributed by atoms with Gasteiger partial charge in [-0.15, -0.1) is 0 Å². The molecule has 2 aromatic rings. The Morgan fingerprint density at radius 3 is 2.04 bits per heavy atom. The molecule has 0 unspecified atom stereocenters. The Morgan fingerprint density at radius 1 is 0.875 bits per heavy atom. The zero-order valence-electron chi connectivity index (χ0n) is 13.8. The van der Waals surface area contributed by atoms with Crippen molar-refractivity contribution in [2.24, 2.45) is 0 Å². The molecule has 0 saturated carbocycles. The van der Waals surface area contributed by atoms with Gasteiger partial charge in [-0.2, -0.15) is 0 Å². The van der Waals surface area contributed by atoms with Crippen LogP contribution in [0.25, 0.3) is 6.08 Å². The van der Waals surface area contributed by atoms with Crippen molar-refractivity contribution in [2.45, 2.75) is 12.8 Å². The van der Waals surface area contributed by atoms with E-state index in [1.54, 1.807) is 6.08 Å². The molecule has 0 saturated heterocycles. The second-order valence-corrected chi connectivity index (χ2v) is 5.14. The van der Waals surface area contributed by atoms with Gasteiger partial charge in [0.2, 0.25) is 0 Å². The lowest BCUT2D eigenvalue weighted by molar-refractivity contribution is -0.134. The Hall–Kier alpha value is -2.75. The molecule has 0 N–H and O–H groups in total. The second kappa shape index (κ2) is 10.1. The number of unbranched alkanes of at least 4 members (excludes halogenated alkanes) is 1. The summed E-state index contributed by atoms with van der Waals surface area (Å²) in [4.78, 5) is 11.0. The van der Waals surface area contributed by atoms with Crippen molar-refractivity contribution in [1.29, 1.82) is 0 Å². The first-order valence-corrected chi connectivity index (χ1v) is 7.94. The summed E-state index contributed by atoms with van der Waals surface area (Å²) in [7, 11) is 1.36. The number of methoxy groups -OCH3 is 1. The van der Waals surface area contributed by atoms with Gasteiger partial charge in [0, 0.05) is 6.08 Å². The third kappa shape index (κ3) is 6.57. The monoisotopic (exact) mass is 326 g/mol. The van der Waals surface area contributed by atoms with Gasteiger partial charge in [-0.25, -0.2) is 4.79 Å². The highest BCUT2D eigenvalue weighted by molar-refractivity contribution is 5.86. The van der Waals surface area contributed by atoms with Gasteiger partial charge in [0.1, 0.15) is 11.5 Å². The van der Waals surface area contributed by atoms with E-state index in [4.69, 9.17) is 9.47 Å². The minimum absolute atomic E-state index is 0.368. The molecule has 24 heavy (non-hydrogen) atoms. The fraction of sp³-hybridized carbons (Fsp3) is 0.250. The number of carbonyl (C=O) groups is 1. The van der Waals surface area contributed by atoms with E-state index in [2.05, 4.69) is 4.74 Å². The molecule has 126 valence electrons. The minimum atomic E-state index is -0.368. The van der Waals surface area contributed by atoms with Crippen LogP contribution < -0.4 is 9.47 Å². The Kier molecular flexibility index (Phi) is 7.41. The van der Waals surface area contributed by atoms with Crippen LogP contribution in [0.1, 0.15) is 18.4 Å². The number of hydrogen-bond acceptors (Lipinski definition) is 4. The summed E-state index contributed by atoms with van der Waals surface area (Å²) in [5.74, 6) is 1.34. The topological polar surface area (TPSA) is 44.8 Å². The first kappa shape index (κ1) is 17.6. The molecule has 0 radical (unpaired) electrons. The molecule has 0 aromatic heterocycles. The molecule has 0 aliphatic carbocycles. The summed E-state index contributed by atoms with van der Waals surface area (Å²) in [6.07, 6.45) is 4.96. The van der Waals surface area contributed by atoms with E-state index >= 15 is 0 Å². The maximum Gasteiger partial charge on any atom is 0.330 e. The predicted molar refractivity (Wildman–Crippen MR) is 94.2 cm³/mol. The van der Waals surface area contributed by atoms with Gasteiger partial charge in [0.25, 0.3) is 0 Å². The Labute approximate surface area is 142 Å². The molecular weight excluding hydrogens is 304 g/mol. The van der Waals surface area contributed by atoms with Crippen LogP contribution in [0, 0.1) is 0 Å². The summed E-state index contributed by atoms with van der Waals surface area (Å²) in [6.45, 7) is 1.33. The summed E-state index contributed by atoms with van der Waals surface area (Å²) < 4.78 is 15.9. The second-order valence-electron chi connectivity index (χ2n) is 5.14. The van der Waals surface area contributed by atoms with Gasteiger partial charge in [0.15, 0.2) is 0 Å². The van der Waals surface area contributed by atoms with Crippen LogP contribution in [0.2, 0.25) is 0 Å². The van der Waals surface area contributed by atoms with Crippen molar-refractivity contribution in [2.75, 3.05) is 20.3 Å². The molecule has 0 aliphatic rings. The van der Waals surface area contributed by atoms with Crippen LogP contribution in [0.4, 0.5) is 0 Å². The van der Waals surface area contributed by atoms with Gasteiger partial charge < -0.3 is 14.2 Å². The zero-order chi connectivity index (χ0) is 17.0. The molecule has 0 spiro atoms. The maximum absolute atomic E-state index is 11.0. The predicted octanol–water partition coefficient (Wildman–Crippen LogP) is 4.11. The lowest BCUT2D eigenvalue weighted by Crippen LogP contribution is -2.02. The van der Waals surface area contributed by atoms with Crippen LogP contribution >= 0.6 is 0 Å². The van der Waals surface area contributed by atoms with E-state index in [0.29, 0.717) is 13.2 Å². The number of hydrogen-bond donors (Lipinski definition) is 0.